The first kappa shape index (κ1) is 17.9. The van der Waals surface area contributed by atoms with Crippen LogP contribution < -0.4 is 5.32 Å². The fourth-order valence-corrected chi connectivity index (χ4v) is 5.69. The van der Waals surface area contributed by atoms with E-state index < -0.39 is 9.84 Å². The van der Waals surface area contributed by atoms with Crippen molar-refractivity contribution in [2.45, 2.75) is 31.5 Å². The molecule has 0 saturated carbocycles. The highest BCUT2D eigenvalue weighted by molar-refractivity contribution is 7.92. The molecule has 4 rings (SSSR count). The summed E-state index contributed by atoms with van der Waals surface area (Å²) in [6.45, 7) is 3.56. The Kier molecular flexibility index (Phi) is 4.79. The molecule has 3 aliphatic heterocycles. The van der Waals surface area contributed by atoms with Crippen molar-refractivity contribution in [3.8, 4) is 0 Å². The molecule has 0 aliphatic carbocycles. The second-order valence-electron chi connectivity index (χ2n) is 7.86. The van der Waals surface area contributed by atoms with Crippen molar-refractivity contribution < 1.29 is 17.9 Å². The molecular weight excluding hydrogens is 356 g/mol. The molecule has 0 aromatic carbocycles. The summed E-state index contributed by atoms with van der Waals surface area (Å²) in [4.78, 5) is 18.8. The van der Waals surface area contributed by atoms with Gasteiger partial charge in [-0.25, -0.2) is 13.4 Å². The van der Waals surface area contributed by atoms with Crippen molar-refractivity contribution in [3.63, 3.8) is 0 Å². The number of imidazole rings is 1. The number of hydrogen-bond donors (Lipinski definition) is 1. The maximum Gasteiger partial charge on any atom is 0.222 e. The van der Waals surface area contributed by atoms with E-state index in [4.69, 9.17) is 4.74 Å². The Morgan fingerprint density at radius 3 is 2.92 bits per heavy atom. The summed E-state index contributed by atoms with van der Waals surface area (Å²) in [5.41, 5.74) is 1.20. The third-order valence-corrected chi connectivity index (χ3v) is 7.66. The van der Waals surface area contributed by atoms with Crippen LogP contribution in [0.2, 0.25) is 0 Å². The standard InChI is InChI=1S/C17H26N4O4S/c1-20-11-18-5-14(20)7-21-3-2-15-12(6-21)8-25-16(15)4-17(22)19-13-9-26(23,24)10-13/h5,11-13,15-16H,2-4,6-10H2,1H3,(H,19,22)/t12-,15-,16+/m1/s1. The summed E-state index contributed by atoms with van der Waals surface area (Å²) in [5, 5.41) is 2.82. The second kappa shape index (κ2) is 6.94. The SMILES string of the molecule is Cn1cncc1CN1CC[C@@H]2[C@@H](CO[C@H]2CC(=O)NC2CS(=O)(=O)C2)C1. The number of nitrogens with one attached hydrogen (secondary N) is 1. The maximum atomic E-state index is 12.2. The molecule has 8 nitrogen and oxygen atoms in total. The molecule has 3 saturated heterocycles. The molecule has 3 fully saturated rings. The number of sulfone groups is 1. The molecule has 0 spiro atoms. The fraction of sp³-hybridized carbons (Fsp3) is 0.765. The van der Waals surface area contributed by atoms with E-state index in [0.29, 0.717) is 24.9 Å². The van der Waals surface area contributed by atoms with E-state index in [1.807, 2.05) is 24.1 Å². The molecule has 0 bridgehead atoms. The number of aromatic nitrogens is 2. The van der Waals surface area contributed by atoms with Gasteiger partial charge in [-0.1, -0.05) is 0 Å². The van der Waals surface area contributed by atoms with Crippen LogP contribution in [-0.2, 0) is 33.0 Å². The highest BCUT2D eigenvalue weighted by Gasteiger charge is 2.42. The third-order valence-electron chi connectivity index (χ3n) is 5.84. The number of amides is 1. The summed E-state index contributed by atoms with van der Waals surface area (Å²) in [6, 6.07) is -0.217. The predicted molar refractivity (Wildman–Crippen MR) is 95.0 cm³/mol. The number of carbonyl (C=O) groups is 1. The molecule has 1 aromatic heterocycles. The summed E-state index contributed by atoms with van der Waals surface area (Å²) in [6.07, 6.45) is 5.04. The minimum Gasteiger partial charge on any atom is -0.377 e. The number of aryl methyl sites for hydroxylation is 1. The molecule has 1 N–H and O–H groups in total. The molecular formula is C17H26N4O4S. The van der Waals surface area contributed by atoms with Crippen LogP contribution in [0.5, 0.6) is 0 Å². The quantitative estimate of drug-likeness (QED) is 0.742. The lowest BCUT2D eigenvalue weighted by molar-refractivity contribution is -0.124. The minimum atomic E-state index is -2.91. The summed E-state index contributed by atoms with van der Waals surface area (Å²) >= 11 is 0. The number of likely N-dealkylation sites (tertiary alicyclic amines) is 1. The van der Waals surface area contributed by atoms with Gasteiger partial charge in [-0.2, -0.15) is 0 Å². The number of piperidine rings is 1. The van der Waals surface area contributed by atoms with Gasteiger partial charge in [0.2, 0.25) is 5.91 Å². The molecule has 4 heterocycles. The van der Waals surface area contributed by atoms with Crippen LogP contribution >= 0.6 is 0 Å². The Bertz CT molecular complexity index is 765. The molecule has 26 heavy (non-hydrogen) atoms. The largest absolute Gasteiger partial charge is 0.377 e. The van der Waals surface area contributed by atoms with Crippen molar-refractivity contribution in [1.29, 1.82) is 0 Å². The van der Waals surface area contributed by atoms with E-state index in [0.717, 1.165) is 26.1 Å². The molecule has 3 atom stereocenters. The number of nitrogens with zero attached hydrogens (tertiary/aromatic N) is 3. The van der Waals surface area contributed by atoms with Crippen LogP contribution in [0.3, 0.4) is 0 Å². The van der Waals surface area contributed by atoms with Gasteiger partial charge in [0, 0.05) is 32.3 Å². The van der Waals surface area contributed by atoms with Crippen molar-refractivity contribution in [2.24, 2.45) is 18.9 Å². The average molecular weight is 382 g/mol. The number of ether oxygens (including phenoxy) is 1. The van der Waals surface area contributed by atoms with Crippen LogP contribution in [0, 0.1) is 11.8 Å². The molecule has 9 heteroatoms. The van der Waals surface area contributed by atoms with Crippen molar-refractivity contribution in [3.05, 3.63) is 18.2 Å². The summed E-state index contributed by atoms with van der Waals surface area (Å²) < 4.78 is 30.4. The van der Waals surface area contributed by atoms with E-state index >= 15 is 0 Å². The van der Waals surface area contributed by atoms with E-state index in [1.54, 1.807) is 0 Å². The highest BCUT2D eigenvalue weighted by Crippen LogP contribution is 2.36. The summed E-state index contributed by atoms with van der Waals surface area (Å²) in [7, 11) is -0.901. The number of fused-ring (bicyclic) bond motifs is 1. The Hall–Kier alpha value is -1.45. The van der Waals surface area contributed by atoms with Gasteiger partial charge in [0.1, 0.15) is 0 Å². The van der Waals surface area contributed by atoms with Gasteiger partial charge in [-0.05, 0) is 18.9 Å². The van der Waals surface area contributed by atoms with Gasteiger partial charge in [0.15, 0.2) is 9.84 Å². The zero-order chi connectivity index (χ0) is 18.3. The van der Waals surface area contributed by atoms with Gasteiger partial charge in [-0.3, -0.25) is 9.69 Å². The van der Waals surface area contributed by atoms with Crippen molar-refractivity contribution >= 4 is 15.7 Å². The Balaban J connectivity index is 1.26. The van der Waals surface area contributed by atoms with Crippen LogP contribution in [-0.4, -0.2) is 72.1 Å². The first-order valence-corrected chi connectivity index (χ1v) is 11.0. The maximum absolute atomic E-state index is 12.2. The van der Waals surface area contributed by atoms with E-state index in [9.17, 15) is 13.2 Å². The first-order valence-electron chi connectivity index (χ1n) is 9.18. The van der Waals surface area contributed by atoms with E-state index in [2.05, 4.69) is 15.2 Å². The van der Waals surface area contributed by atoms with E-state index in [-0.39, 0.29) is 29.6 Å². The zero-order valence-electron chi connectivity index (χ0n) is 15.0. The molecule has 0 unspecified atom stereocenters. The molecule has 144 valence electrons. The average Bonchev–Trinajstić information content (AvgIpc) is 3.12. The normalized spacial score (nSPS) is 31.3. The third kappa shape index (κ3) is 3.79. The van der Waals surface area contributed by atoms with Crippen LogP contribution in [0.15, 0.2) is 12.5 Å². The topological polar surface area (TPSA) is 93.5 Å². The lowest BCUT2D eigenvalue weighted by Crippen LogP contribution is -2.53. The van der Waals surface area contributed by atoms with E-state index in [1.165, 1.54) is 5.69 Å². The molecule has 1 aromatic rings. The van der Waals surface area contributed by atoms with Crippen LogP contribution in [0.4, 0.5) is 0 Å². The van der Waals surface area contributed by atoms with Crippen molar-refractivity contribution in [2.75, 3.05) is 31.2 Å². The van der Waals surface area contributed by atoms with Crippen LogP contribution in [0.25, 0.3) is 0 Å². The van der Waals surface area contributed by atoms with Gasteiger partial charge in [0.05, 0.1) is 48.7 Å². The Morgan fingerprint density at radius 2 is 2.23 bits per heavy atom. The smallest absolute Gasteiger partial charge is 0.222 e. The number of rotatable bonds is 5. The first-order chi connectivity index (χ1) is 12.4. The van der Waals surface area contributed by atoms with Gasteiger partial charge >= 0.3 is 0 Å². The Labute approximate surface area is 153 Å². The van der Waals surface area contributed by atoms with Crippen LogP contribution in [0.1, 0.15) is 18.5 Å². The van der Waals surface area contributed by atoms with Gasteiger partial charge < -0.3 is 14.6 Å². The second-order valence-corrected chi connectivity index (χ2v) is 10.0. The lowest BCUT2D eigenvalue weighted by Gasteiger charge is -2.35. The van der Waals surface area contributed by atoms with Crippen molar-refractivity contribution in [1.82, 2.24) is 19.8 Å². The van der Waals surface area contributed by atoms with Gasteiger partial charge in [0.25, 0.3) is 0 Å². The van der Waals surface area contributed by atoms with Gasteiger partial charge in [-0.15, -0.1) is 0 Å². The number of carbonyl (C=O) groups excluding carboxylic acids is 1. The molecule has 1 amide bonds. The summed E-state index contributed by atoms with van der Waals surface area (Å²) in [5.74, 6) is 0.916. The molecule has 0 radical (unpaired) electrons. The fourth-order valence-electron chi connectivity index (χ4n) is 4.40. The minimum absolute atomic E-state index is 0.0458. The Morgan fingerprint density at radius 1 is 1.42 bits per heavy atom. The molecule has 3 aliphatic rings. The predicted octanol–water partition coefficient (Wildman–Crippen LogP) is -0.440. The number of hydrogen-bond acceptors (Lipinski definition) is 6. The highest BCUT2D eigenvalue weighted by atomic mass is 32.2. The lowest BCUT2D eigenvalue weighted by atomic mass is 9.83. The zero-order valence-corrected chi connectivity index (χ0v) is 15.8. The monoisotopic (exact) mass is 382 g/mol.